The Hall–Kier alpha value is -2.74. The maximum atomic E-state index is 5.11. The summed E-state index contributed by atoms with van der Waals surface area (Å²) in [4.78, 5) is 10.00. The molecule has 2 nitrogen and oxygen atoms in total. The van der Waals surface area contributed by atoms with E-state index in [2.05, 4.69) is 65.8 Å². The largest absolute Gasteiger partial charge is 0.246 e. The van der Waals surface area contributed by atoms with E-state index in [1.807, 2.05) is 12.1 Å². The van der Waals surface area contributed by atoms with Crippen LogP contribution in [0.25, 0.3) is 33.2 Å². The maximum Gasteiger partial charge on any atom is 0.0926 e. The number of pyridine rings is 2. The zero-order valence-electron chi connectivity index (χ0n) is 16.4. The number of hydrogen-bond donors (Lipinski definition) is 0. The van der Waals surface area contributed by atoms with Crippen LogP contribution in [0.5, 0.6) is 0 Å². The summed E-state index contributed by atoms with van der Waals surface area (Å²) in [6.45, 7) is 13.2. The average Bonchev–Trinajstić information content (AvgIpc) is 2.66. The zero-order valence-corrected chi connectivity index (χ0v) is 16.4. The van der Waals surface area contributed by atoms with Crippen LogP contribution in [0.3, 0.4) is 0 Å². The lowest BCUT2D eigenvalue weighted by Crippen LogP contribution is -2.02. The topological polar surface area (TPSA) is 25.8 Å². The predicted octanol–water partition coefficient (Wildman–Crippen LogP) is 6.30. The molecule has 0 bridgehead atoms. The fraction of sp³-hybridized carbons (Fsp3) is 0.250. The summed E-state index contributed by atoms with van der Waals surface area (Å²) in [5.41, 5.74) is 11.9. The SMILES string of the molecule is Cc1c(C)c(C)c2c(C)c(C)c(-c3ccc4ccccc4n3)nc2c1C. The molecule has 0 aliphatic carbocycles. The van der Waals surface area contributed by atoms with Crippen LogP contribution >= 0.6 is 0 Å². The molecule has 2 heteroatoms. The Kier molecular flexibility index (Phi) is 3.80. The smallest absolute Gasteiger partial charge is 0.0926 e. The van der Waals surface area contributed by atoms with Gasteiger partial charge in [0, 0.05) is 10.8 Å². The van der Waals surface area contributed by atoms with Crippen molar-refractivity contribution in [2.45, 2.75) is 41.5 Å². The molecule has 4 rings (SSSR count). The third kappa shape index (κ3) is 2.33. The molecular formula is C24H24N2. The van der Waals surface area contributed by atoms with Crippen molar-refractivity contribution in [3.05, 3.63) is 69.8 Å². The first-order valence-corrected chi connectivity index (χ1v) is 9.13. The maximum absolute atomic E-state index is 5.11. The van der Waals surface area contributed by atoms with Crippen molar-refractivity contribution in [2.75, 3.05) is 0 Å². The monoisotopic (exact) mass is 340 g/mol. The van der Waals surface area contributed by atoms with Gasteiger partial charge >= 0.3 is 0 Å². The van der Waals surface area contributed by atoms with Gasteiger partial charge in [-0.1, -0.05) is 24.3 Å². The van der Waals surface area contributed by atoms with E-state index in [4.69, 9.17) is 9.97 Å². The molecule has 0 aliphatic heterocycles. The Morgan fingerprint density at radius 2 is 1.23 bits per heavy atom. The molecule has 0 unspecified atom stereocenters. The number of aryl methyl sites for hydroxylation is 3. The predicted molar refractivity (Wildman–Crippen MR) is 111 cm³/mol. The number of hydrogen-bond acceptors (Lipinski definition) is 2. The van der Waals surface area contributed by atoms with Gasteiger partial charge in [-0.05, 0) is 87.1 Å². The van der Waals surface area contributed by atoms with Crippen LogP contribution in [0.4, 0.5) is 0 Å². The highest BCUT2D eigenvalue weighted by Crippen LogP contribution is 2.35. The van der Waals surface area contributed by atoms with Crippen LogP contribution in [0.2, 0.25) is 0 Å². The van der Waals surface area contributed by atoms with Gasteiger partial charge in [-0.2, -0.15) is 0 Å². The van der Waals surface area contributed by atoms with E-state index >= 15 is 0 Å². The standard InChI is InChI=1S/C24H24N2/c1-13-14(2)17(5)24-22(15(13)3)16(4)18(6)23(26-24)21-12-11-19-9-7-8-10-20(19)25-21/h7-12H,1-6H3. The van der Waals surface area contributed by atoms with Gasteiger partial charge in [0.05, 0.1) is 22.4 Å². The van der Waals surface area contributed by atoms with Crippen molar-refractivity contribution in [1.82, 2.24) is 9.97 Å². The Bertz CT molecular complexity index is 1190. The summed E-state index contributed by atoms with van der Waals surface area (Å²) in [7, 11) is 0. The number of fused-ring (bicyclic) bond motifs is 2. The van der Waals surface area contributed by atoms with Crippen molar-refractivity contribution in [3.8, 4) is 11.4 Å². The lowest BCUT2D eigenvalue weighted by Gasteiger charge is -2.18. The van der Waals surface area contributed by atoms with E-state index < -0.39 is 0 Å². The van der Waals surface area contributed by atoms with Crippen LogP contribution in [0, 0.1) is 41.5 Å². The van der Waals surface area contributed by atoms with E-state index in [1.54, 1.807) is 0 Å². The molecule has 2 heterocycles. The third-order valence-corrected chi connectivity index (χ3v) is 6.01. The molecule has 130 valence electrons. The minimum Gasteiger partial charge on any atom is -0.246 e. The minimum absolute atomic E-state index is 0.946. The van der Waals surface area contributed by atoms with Crippen molar-refractivity contribution in [1.29, 1.82) is 0 Å². The quantitative estimate of drug-likeness (QED) is 0.406. The molecule has 0 amide bonds. The van der Waals surface area contributed by atoms with E-state index in [1.165, 1.54) is 38.8 Å². The van der Waals surface area contributed by atoms with Crippen LogP contribution in [0.15, 0.2) is 36.4 Å². The van der Waals surface area contributed by atoms with E-state index in [0.29, 0.717) is 0 Å². The number of para-hydroxylation sites is 1. The van der Waals surface area contributed by atoms with E-state index in [-0.39, 0.29) is 0 Å². The highest BCUT2D eigenvalue weighted by atomic mass is 14.8. The van der Waals surface area contributed by atoms with Crippen molar-refractivity contribution >= 4 is 21.8 Å². The summed E-state index contributed by atoms with van der Waals surface area (Å²) in [6.07, 6.45) is 0. The fourth-order valence-electron chi connectivity index (χ4n) is 3.90. The van der Waals surface area contributed by atoms with Crippen LogP contribution < -0.4 is 0 Å². The van der Waals surface area contributed by atoms with Crippen LogP contribution in [0.1, 0.15) is 33.4 Å². The number of aromatic nitrogens is 2. The van der Waals surface area contributed by atoms with E-state index in [9.17, 15) is 0 Å². The molecule has 0 saturated carbocycles. The first-order chi connectivity index (χ1) is 12.4. The summed E-state index contributed by atoms with van der Waals surface area (Å²) >= 11 is 0. The Balaban J connectivity index is 2.08. The second kappa shape index (κ2) is 5.91. The van der Waals surface area contributed by atoms with Crippen molar-refractivity contribution < 1.29 is 0 Å². The lowest BCUT2D eigenvalue weighted by molar-refractivity contribution is 1.19. The van der Waals surface area contributed by atoms with E-state index in [0.717, 1.165) is 27.8 Å². The second-order valence-corrected chi connectivity index (χ2v) is 7.32. The van der Waals surface area contributed by atoms with Crippen LogP contribution in [-0.2, 0) is 0 Å². The molecule has 26 heavy (non-hydrogen) atoms. The molecule has 4 aromatic rings. The number of benzene rings is 2. The molecular weight excluding hydrogens is 316 g/mol. The van der Waals surface area contributed by atoms with Gasteiger partial charge in [0.2, 0.25) is 0 Å². The number of nitrogens with zero attached hydrogens (tertiary/aromatic N) is 2. The zero-order chi connectivity index (χ0) is 18.6. The first-order valence-electron chi connectivity index (χ1n) is 9.13. The summed E-state index contributed by atoms with van der Waals surface area (Å²) in [5, 5.41) is 2.46. The molecule has 0 saturated heterocycles. The van der Waals surface area contributed by atoms with Gasteiger partial charge in [0.25, 0.3) is 0 Å². The lowest BCUT2D eigenvalue weighted by atomic mass is 9.90. The third-order valence-electron chi connectivity index (χ3n) is 6.01. The van der Waals surface area contributed by atoms with Crippen molar-refractivity contribution in [2.24, 2.45) is 0 Å². The summed E-state index contributed by atoms with van der Waals surface area (Å²) in [5.74, 6) is 0. The first kappa shape index (κ1) is 16.7. The molecule has 0 N–H and O–H groups in total. The Morgan fingerprint density at radius 3 is 2.00 bits per heavy atom. The average molecular weight is 340 g/mol. The summed E-state index contributed by atoms with van der Waals surface area (Å²) < 4.78 is 0. The Labute approximate surface area is 154 Å². The van der Waals surface area contributed by atoms with Crippen molar-refractivity contribution in [3.63, 3.8) is 0 Å². The molecule has 2 aromatic heterocycles. The summed E-state index contributed by atoms with van der Waals surface area (Å²) in [6, 6.07) is 12.5. The van der Waals surface area contributed by atoms with Gasteiger partial charge < -0.3 is 0 Å². The number of rotatable bonds is 1. The fourth-order valence-corrected chi connectivity index (χ4v) is 3.90. The van der Waals surface area contributed by atoms with Gasteiger partial charge in [-0.25, -0.2) is 9.97 Å². The highest BCUT2D eigenvalue weighted by Gasteiger charge is 2.17. The Morgan fingerprint density at radius 1 is 0.577 bits per heavy atom. The molecule has 0 atom stereocenters. The molecule has 0 radical (unpaired) electrons. The highest BCUT2D eigenvalue weighted by molar-refractivity contribution is 5.93. The van der Waals surface area contributed by atoms with Crippen LogP contribution in [-0.4, -0.2) is 9.97 Å². The molecule has 0 fully saturated rings. The molecule has 0 aliphatic rings. The molecule has 2 aromatic carbocycles. The van der Waals surface area contributed by atoms with Gasteiger partial charge in [0.1, 0.15) is 0 Å². The van der Waals surface area contributed by atoms with Gasteiger partial charge in [-0.15, -0.1) is 0 Å². The molecule has 0 spiro atoms. The normalized spacial score (nSPS) is 11.5. The van der Waals surface area contributed by atoms with Gasteiger partial charge in [-0.3, -0.25) is 0 Å². The van der Waals surface area contributed by atoms with Gasteiger partial charge in [0.15, 0.2) is 0 Å². The second-order valence-electron chi connectivity index (χ2n) is 7.32. The minimum atomic E-state index is 0.946.